The lowest BCUT2D eigenvalue weighted by molar-refractivity contribution is -0.150. The first-order valence-electron chi connectivity index (χ1n) is 7.02. The van der Waals surface area contributed by atoms with Gasteiger partial charge in [0.25, 0.3) is 0 Å². The van der Waals surface area contributed by atoms with Crippen LogP contribution in [-0.4, -0.2) is 35.3 Å². The molecule has 2 amide bonds. The average Bonchev–Trinajstić information content (AvgIpc) is 3.12. The summed E-state index contributed by atoms with van der Waals surface area (Å²) in [5.41, 5.74) is 0. The van der Waals surface area contributed by atoms with Gasteiger partial charge in [-0.15, -0.1) is 0 Å². The van der Waals surface area contributed by atoms with E-state index in [0.717, 1.165) is 12.5 Å². The van der Waals surface area contributed by atoms with Crippen LogP contribution < -0.4 is 5.32 Å². The first kappa shape index (κ1) is 13.4. The third kappa shape index (κ3) is 2.52. The second kappa shape index (κ2) is 4.90. The van der Waals surface area contributed by atoms with E-state index in [1.165, 1.54) is 12.8 Å². The highest BCUT2D eigenvalue weighted by molar-refractivity contribution is 5.96. The van der Waals surface area contributed by atoms with E-state index < -0.39 is 0 Å². The molecule has 2 fully saturated rings. The molecular weight excluding hydrogens is 228 g/mol. The fourth-order valence-corrected chi connectivity index (χ4v) is 2.67. The Labute approximate surface area is 109 Å². The number of hydrogen-bond acceptors (Lipinski definition) is 2. The highest BCUT2D eigenvalue weighted by Gasteiger charge is 2.41. The number of rotatable bonds is 4. The molecular formula is C14H24N2O2. The Kier molecular flexibility index (Phi) is 3.64. The quantitative estimate of drug-likeness (QED) is 0.822. The molecule has 1 aliphatic carbocycles. The lowest BCUT2D eigenvalue weighted by Gasteiger charge is -2.40. The zero-order valence-corrected chi connectivity index (χ0v) is 11.8. The van der Waals surface area contributed by atoms with E-state index >= 15 is 0 Å². The van der Waals surface area contributed by atoms with E-state index in [2.05, 4.69) is 12.2 Å². The van der Waals surface area contributed by atoms with Crippen molar-refractivity contribution >= 4 is 11.8 Å². The highest BCUT2D eigenvalue weighted by atomic mass is 16.2. The van der Waals surface area contributed by atoms with Gasteiger partial charge in [-0.1, -0.05) is 20.8 Å². The Hall–Kier alpha value is -1.06. The van der Waals surface area contributed by atoms with Gasteiger partial charge in [0.2, 0.25) is 11.8 Å². The molecule has 1 heterocycles. The van der Waals surface area contributed by atoms with E-state index in [1.807, 2.05) is 20.8 Å². The Morgan fingerprint density at radius 1 is 1.28 bits per heavy atom. The molecule has 4 heteroatoms. The van der Waals surface area contributed by atoms with E-state index in [4.69, 9.17) is 0 Å². The molecule has 1 saturated heterocycles. The SMILES string of the molecule is CC(C)C1NC(=O)C(C)N(CC(C)C2CC2)C1=O. The van der Waals surface area contributed by atoms with Crippen LogP contribution in [0.5, 0.6) is 0 Å². The molecule has 0 aromatic heterocycles. The normalized spacial score (nSPS) is 30.6. The fourth-order valence-electron chi connectivity index (χ4n) is 2.67. The van der Waals surface area contributed by atoms with Gasteiger partial charge in [0.05, 0.1) is 0 Å². The summed E-state index contributed by atoms with van der Waals surface area (Å²) in [6.07, 6.45) is 2.55. The molecule has 2 aliphatic rings. The summed E-state index contributed by atoms with van der Waals surface area (Å²) in [4.78, 5) is 26.1. The van der Waals surface area contributed by atoms with Crippen molar-refractivity contribution in [2.75, 3.05) is 6.54 Å². The lowest BCUT2D eigenvalue weighted by Crippen LogP contribution is -2.64. The molecule has 1 N–H and O–H groups in total. The van der Waals surface area contributed by atoms with Crippen molar-refractivity contribution in [2.24, 2.45) is 17.8 Å². The van der Waals surface area contributed by atoms with Gasteiger partial charge in [0.1, 0.15) is 12.1 Å². The second-order valence-electron chi connectivity index (χ2n) is 6.21. The Bertz CT molecular complexity index is 350. The molecule has 0 aromatic rings. The van der Waals surface area contributed by atoms with Gasteiger partial charge in [0, 0.05) is 6.54 Å². The monoisotopic (exact) mass is 252 g/mol. The molecule has 0 aromatic carbocycles. The maximum atomic E-state index is 12.4. The molecule has 1 saturated carbocycles. The molecule has 2 rings (SSSR count). The number of carbonyl (C=O) groups excluding carboxylic acids is 2. The minimum absolute atomic E-state index is 0.0173. The van der Waals surface area contributed by atoms with Crippen LogP contribution in [-0.2, 0) is 9.59 Å². The molecule has 1 aliphatic heterocycles. The number of amides is 2. The van der Waals surface area contributed by atoms with Gasteiger partial charge in [0.15, 0.2) is 0 Å². The average molecular weight is 252 g/mol. The van der Waals surface area contributed by atoms with Crippen LogP contribution in [0.2, 0.25) is 0 Å². The van der Waals surface area contributed by atoms with E-state index in [-0.39, 0.29) is 29.8 Å². The number of nitrogens with one attached hydrogen (secondary N) is 1. The maximum absolute atomic E-state index is 12.4. The van der Waals surface area contributed by atoms with Crippen molar-refractivity contribution < 1.29 is 9.59 Å². The summed E-state index contributed by atoms with van der Waals surface area (Å²) in [6.45, 7) is 8.68. The zero-order chi connectivity index (χ0) is 13.4. The number of carbonyl (C=O) groups is 2. The van der Waals surface area contributed by atoms with E-state index in [1.54, 1.807) is 4.90 Å². The van der Waals surface area contributed by atoms with Crippen LogP contribution in [0.4, 0.5) is 0 Å². The number of nitrogens with zero attached hydrogens (tertiary/aromatic N) is 1. The molecule has 3 atom stereocenters. The fraction of sp³-hybridized carbons (Fsp3) is 0.857. The Morgan fingerprint density at radius 3 is 2.39 bits per heavy atom. The number of piperazine rings is 1. The van der Waals surface area contributed by atoms with Crippen LogP contribution in [0.1, 0.15) is 40.5 Å². The second-order valence-corrected chi connectivity index (χ2v) is 6.21. The molecule has 0 bridgehead atoms. The first-order chi connectivity index (χ1) is 8.41. The van der Waals surface area contributed by atoms with Gasteiger partial charge in [-0.2, -0.15) is 0 Å². The lowest BCUT2D eigenvalue weighted by atomic mass is 9.96. The van der Waals surface area contributed by atoms with E-state index in [0.29, 0.717) is 5.92 Å². The first-order valence-corrected chi connectivity index (χ1v) is 7.02. The molecule has 0 radical (unpaired) electrons. The van der Waals surface area contributed by atoms with Crippen LogP contribution >= 0.6 is 0 Å². The predicted octanol–water partition coefficient (Wildman–Crippen LogP) is 1.40. The Balaban J connectivity index is 2.08. The van der Waals surface area contributed by atoms with Crippen molar-refractivity contribution in [3.63, 3.8) is 0 Å². The third-order valence-electron chi connectivity index (χ3n) is 4.27. The van der Waals surface area contributed by atoms with E-state index in [9.17, 15) is 9.59 Å². The summed E-state index contributed by atoms with van der Waals surface area (Å²) in [5.74, 6) is 1.48. The third-order valence-corrected chi connectivity index (χ3v) is 4.27. The zero-order valence-electron chi connectivity index (χ0n) is 11.8. The van der Waals surface area contributed by atoms with Crippen molar-refractivity contribution in [2.45, 2.75) is 52.6 Å². The van der Waals surface area contributed by atoms with Crippen LogP contribution in [0.15, 0.2) is 0 Å². The van der Waals surface area contributed by atoms with Crippen LogP contribution in [0, 0.1) is 17.8 Å². The maximum Gasteiger partial charge on any atom is 0.246 e. The van der Waals surface area contributed by atoms with Crippen LogP contribution in [0.3, 0.4) is 0 Å². The standard InChI is InChI=1S/C14H24N2O2/c1-8(2)12-14(18)16(10(4)13(17)15-12)7-9(3)11-5-6-11/h8-12H,5-7H2,1-4H3,(H,15,17). The smallest absolute Gasteiger partial charge is 0.246 e. The van der Waals surface area contributed by atoms with Crippen LogP contribution in [0.25, 0.3) is 0 Å². The summed E-state index contributed by atoms with van der Waals surface area (Å²) < 4.78 is 0. The van der Waals surface area contributed by atoms with Crippen molar-refractivity contribution in [3.8, 4) is 0 Å². The Morgan fingerprint density at radius 2 is 1.89 bits per heavy atom. The largest absolute Gasteiger partial charge is 0.342 e. The van der Waals surface area contributed by atoms with Crippen molar-refractivity contribution in [1.29, 1.82) is 0 Å². The van der Waals surface area contributed by atoms with Gasteiger partial charge >= 0.3 is 0 Å². The molecule has 3 unspecified atom stereocenters. The summed E-state index contributed by atoms with van der Waals surface area (Å²) in [7, 11) is 0. The van der Waals surface area contributed by atoms with Gasteiger partial charge in [-0.25, -0.2) is 0 Å². The topological polar surface area (TPSA) is 49.4 Å². The summed E-state index contributed by atoms with van der Waals surface area (Å²) in [5, 5.41) is 2.83. The minimum atomic E-state index is -0.347. The molecule has 0 spiro atoms. The highest BCUT2D eigenvalue weighted by Crippen LogP contribution is 2.37. The minimum Gasteiger partial charge on any atom is -0.342 e. The van der Waals surface area contributed by atoms with Crippen molar-refractivity contribution in [1.82, 2.24) is 10.2 Å². The van der Waals surface area contributed by atoms with Crippen molar-refractivity contribution in [3.05, 3.63) is 0 Å². The predicted molar refractivity (Wildman–Crippen MR) is 69.8 cm³/mol. The van der Waals surface area contributed by atoms with Gasteiger partial charge in [-0.05, 0) is 37.5 Å². The molecule has 102 valence electrons. The summed E-state index contributed by atoms with van der Waals surface area (Å²) in [6, 6.07) is -0.672. The summed E-state index contributed by atoms with van der Waals surface area (Å²) >= 11 is 0. The van der Waals surface area contributed by atoms with Gasteiger partial charge in [-0.3, -0.25) is 9.59 Å². The molecule has 4 nitrogen and oxygen atoms in total. The van der Waals surface area contributed by atoms with Gasteiger partial charge < -0.3 is 10.2 Å². The molecule has 18 heavy (non-hydrogen) atoms. The number of hydrogen-bond donors (Lipinski definition) is 1.